The van der Waals surface area contributed by atoms with Crippen molar-refractivity contribution in [2.24, 2.45) is 0 Å². The summed E-state index contributed by atoms with van der Waals surface area (Å²) in [5.74, 6) is 1.06. The topological polar surface area (TPSA) is 93.9 Å². The van der Waals surface area contributed by atoms with Crippen molar-refractivity contribution in [2.45, 2.75) is 6.92 Å². The van der Waals surface area contributed by atoms with E-state index in [-0.39, 0.29) is 6.61 Å². The molecule has 0 atom stereocenters. The van der Waals surface area contributed by atoms with E-state index in [9.17, 15) is 4.79 Å². The van der Waals surface area contributed by atoms with Gasteiger partial charge in [0.05, 0.1) is 25.5 Å². The number of hydrogen-bond donors (Lipinski definition) is 1. The van der Waals surface area contributed by atoms with Gasteiger partial charge in [-0.1, -0.05) is 30.3 Å². The summed E-state index contributed by atoms with van der Waals surface area (Å²) in [6.07, 6.45) is 3.35. The van der Waals surface area contributed by atoms with Gasteiger partial charge in [-0.3, -0.25) is 4.40 Å². The zero-order valence-corrected chi connectivity index (χ0v) is 18.3. The van der Waals surface area contributed by atoms with Gasteiger partial charge in [-0.2, -0.15) is 0 Å². The number of nitrogens with one attached hydrogen (secondary N) is 1. The molecule has 0 spiro atoms. The highest BCUT2D eigenvalue weighted by atomic mass is 16.5. The molecule has 0 saturated carbocycles. The molecule has 1 aliphatic rings. The summed E-state index contributed by atoms with van der Waals surface area (Å²) >= 11 is 0. The van der Waals surface area contributed by atoms with Gasteiger partial charge in [0.15, 0.2) is 11.3 Å². The van der Waals surface area contributed by atoms with Gasteiger partial charge in [0.2, 0.25) is 0 Å². The van der Waals surface area contributed by atoms with Crippen LogP contribution in [0.5, 0.6) is 0 Å². The van der Waals surface area contributed by atoms with Crippen molar-refractivity contribution in [2.75, 3.05) is 43.1 Å². The maximum Gasteiger partial charge on any atom is 0.357 e. The standard InChI is InChI=1S/C24H24N6O3/c1-2-33-24(31)22-21(17-7-4-3-5-8-17)28-23-18(9-6-10-30(22)23)27-19-15-20(26-16-25-19)29-11-13-32-14-12-29/h3-10,15-16H,2,11-14H2,1H3,(H,25,26,27). The van der Waals surface area contributed by atoms with Gasteiger partial charge in [-0.15, -0.1) is 0 Å². The highest BCUT2D eigenvalue weighted by Crippen LogP contribution is 2.30. The molecule has 0 amide bonds. The Bertz CT molecular complexity index is 1270. The first-order valence-electron chi connectivity index (χ1n) is 10.9. The number of pyridine rings is 1. The molecule has 9 nitrogen and oxygen atoms in total. The van der Waals surface area contributed by atoms with Crippen LogP contribution in [0.2, 0.25) is 0 Å². The minimum Gasteiger partial charge on any atom is -0.461 e. The third-order valence-electron chi connectivity index (χ3n) is 5.42. The van der Waals surface area contributed by atoms with E-state index in [1.54, 1.807) is 11.3 Å². The van der Waals surface area contributed by atoms with E-state index in [0.717, 1.165) is 30.2 Å². The summed E-state index contributed by atoms with van der Waals surface area (Å²) in [7, 11) is 0. The van der Waals surface area contributed by atoms with Crippen LogP contribution < -0.4 is 10.2 Å². The molecule has 5 rings (SSSR count). The number of rotatable bonds is 6. The van der Waals surface area contributed by atoms with E-state index in [1.807, 2.05) is 54.7 Å². The maximum atomic E-state index is 12.9. The van der Waals surface area contributed by atoms with Crippen molar-refractivity contribution in [3.05, 3.63) is 66.7 Å². The Labute approximate surface area is 191 Å². The molecule has 1 fully saturated rings. The SMILES string of the molecule is CCOC(=O)c1c(-c2ccccc2)nc2c(Nc3cc(N4CCOCC4)ncn3)cccn12. The Balaban J connectivity index is 1.55. The lowest BCUT2D eigenvalue weighted by atomic mass is 10.1. The highest BCUT2D eigenvalue weighted by Gasteiger charge is 2.23. The predicted molar refractivity (Wildman–Crippen MR) is 125 cm³/mol. The quantitative estimate of drug-likeness (QED) is 0.451. The summed E-state index contributed by atoms with van der Waals surface area (Å²) in [4.78, 5) is 28.6. The number of hydrogen-bond acceptors (Lipinski definition) is 8. The lowest BCUT2D eigenvalue weighted by Gasteiger charge is -2.27. The zero-order chi connectivity index (χ0) is 22.6. The first-order chi connectivity index (χ1) is 16.2. The third-order valence-corrected chi connectivity index (χ3v) is 5.42. The van der Waals surface area contributed by atoms with Gasteiger partial charge in [-0.05, 0) is 19.1 Å². The molecular weight excluding hydrogens is 420 g/mol. The summed E-state index contributed by atoms with van der Waals surface area (Å²) in [5, 5.41) is 3.34. The fraction of sp³-hybridized carbons (Fsp3) is 0.250. The summed E-state index contributed by atoms with van der Waals surface area (Å²) in [6, 6.07) is 15.3. The Kier molecular flexibility index (Phi) is 5.86. The average molecular weight is 444 g/mol. The zero-order valence-electron chi connectivity index (χ0n) is 18.3. The van der Waals surface area contributed by atoms with Gasteiger partial charge >= 0.3 is 5.97 Å². The van der Waals surface area contributed by atoms with E-state index in [0.29, 0.717) is 36.1 Å². The number of anilines is 3. The van der Waals surface area contributed by atoms with Crippen molar-refractivity contribution < 1.29 is 14.3 Å². The van der Waals surface area contributed by atoms with Gasteiger partial charge in [0.25, 0.3) is 0 Å². The Morgan fingerprint density at radius 1 is 1.12 bits per heavy atom. The first-order valence-corrected chi connectivity index (χ1v) is 10.9. The molecule has 9 heteroatoms. The molecule has 4 heterocycles. The Hall–Kier alpha value is -3.98. The fourth-order valence-electron chi connectivity index (χ4n) is 3.88. The van der Waals surface area contributed by atoms with Crippen LogP contribution in [0.15, 0.2) is 61.1 Å². The number of nitrogens with zero attached hydrogens (tertiary/aromatic N) is 5. The van der Waals surface area contributed by atoms with Gasteiger partial charge in [-0.25, -0.2) is 19.7 Å². The van der Waals surface area contributed by atoms with Crippen molar-refractivity contribution in [1.82, 2.24) is 19.4 Å². The minimum absolute atomic E-state index is 0.281. The van der Waals surface area contributed by atoms with Crippen molar-refractivity contribution in [1.29, 1.82) is 0 Å². The van der Waals surface area contributed by atoms with Crippen LogP contribution in [-0.2, 0) is 9.47 Å². The molecule has 1 aromatic carbocycles. The number of carbonyl (C=O) groups is 1. The van der Waals surface area contributed by atoms with Crippen LogP contribution in [-0.4, -0.2) is 58.2 Å². The van der Waals surface area contributed by atoms with E-state index >= 15 is 0 Å². The van der Waals surface area contributed by atoms with E-state index in [2.05, 4.69) is 20.2 Å². The molecule has 0 unspecified atom stereocenters. The van der Waals surface area contributed by atoms with E-state index in [4.69, 9.17) is 14.5 Å². The minimum atomic E-state index is -0.419. The van der Waals surface area contributed by atoms with Gasteiger partial charge < -0.3 is 19.7 Å². The predicted octanol–water partition coefficient (Wildman–Crippen LogP) is 3.55. The molecular formula is C24H24N6O3. The Morgan fingerprint density at radius 2 is 1.94 bits per heavy atom. The Morgan fingerprint density at radius 3 is 2.73 bits per heavy atom. The lowest BCUT2D eigenvalue weighted by molar-refractivity contribution is 0.0519. The van der Waals surface area contributed by atoms with Crippen molar-refractivity contribution in [3.8, 4) is 11.3 Å². The number of morpholine rings is 1. The van der Waals surface area contributed by atoms with Crippen LogP contribution >= 0.6 is 0 Å². The molecule has 0 bridgehead atoms. The highest BCUT2D eigenvalue weighted by molar-refractivity contribution is 5.97. The van der Waals surface area contributed by atoms with Gasteiger partial charge in [0, 0.05) is 30.9 Å². The van der Waals surface area contributed by atoms with E-state index < -0.39 is 5.97 Å². The van der Waals surface area contributed by atoms with E-state index in [1.165, 1.54) is 6.33 Å². The lowest BCUT2D eigenvalue weighted by Crippen LogP contribution is -2.36. The molecule has 3 aromatic heterocycles. The smallest absolute Gasteiger partial charge is 0.357 e. The summed E-state index contributed by atoms with van der Waals surface area (Å²) in [6.45, 7) is 5.00. The molecule has 1 aliphatic heterocycles. The molecule has 4 aromatic rings. The first kappa shape index (κ1) is 20.9. The van der Waals surface area contributed by atoms with Crippen molar-refractivity contribution >= 4 is 28.9 Å². The molecule has 1 saturated heterocycles. The molecule has 33 heavy (non-hydrogen) atoms. The molecule has 0 aliphatic carbocycles. The largest absolute Gasteiger partial charge is 0.461 e. The average Bonchev–Trinajstić information content (AvgIpc) is 3.26. The van der Waals surface area contributed by atoms with Crippen LogP contribution in [0.3, 0.4) is 0 Å². The number of aromatic nitrogens is 4. The number of carbonyl (C=O) groups excluding carboxylic acids is 1. The second kappa shape index (κ2) is 9.25. The number of ether oxygens (including phenoxy) is 2. The molecule has 168 valence electrons. The maximum absolute atomic E-state index is 12.9. The summed E-state index contributed by atoms with van der Waals surface area (Å²) in [5.41, 5.74) is 3.12. The monoisotopic (exact) mass is 444 g/mol. The van der Waals surface area contributed by atoms with Crippen LogP contribution in [0.4, 0.5) is 17.3 Å². The fourth-order valence-corrected chi connectivity index (χ4v) is 3.88. The van der Waals surface area contributed by atoms with Crippen LogP contribution in [0.25, 0.3) is 16.9 Å². The number of benzene rings is 1. The van der Waals surface area contributed by atoms with Crippen LogP contribution in [0.1, 0.15) is 17.4 Å². The molecule has 1 N–H and O–H groups in total. The number of esters is 1. The second-order valence-electron chi connectivity index (χ2n) is 7.50. The number of imidazole rings is 1. The summed E-state index contributed by atoms with van der Waals surface area (Å²) < 4.78 is 12.5. The normalized spacial score (nSPS) is 13.8. The van der Waals surface area contributed by atoms with Crippen molar-refractivity contribution in [3.63, 3.8) is 0 Å². The van der Waals surface area contributed by atoms with Gasteiger partial charge in [0.1, 0.15) is 23.7 Å². The second-order valence-corrected chi connectivity index (χ2v) is 7.50. The van der Waals surface area contributed by atoms with Crippen LogP contribution in [0, 0.1) is 0 Å². The third kappa shape index (κ3) is 4.22. The number of fused-ring (bicyclic) bond motifs is 1. The molecule has 0 radical (unpaired) electrons.